The van der Waals surface area contributed by atoms with Crippen LogP contribution in [0, 0.1) is 34.9 Å². The Morgan fingerprint density at radius 2 is 2.16 bits per heavy atom. The molecule has 0 saturated carbocycles. The minimum absolute atomic E-state index is 0.0578. The van der Waals surface area contributed by atoms with Gasteiger partial charge in [-0.2, -0.15) is 5.26 Å². The van der Waals surface area contributed by atoms with Crippen LogP contribution in [0.5, 0.6) is 0 Å². The number of allylic oxidation sites excluding steroid dienone is 1. The summed E-state index contributed by atoms with van der Waals surface area (Å²) < 4.78 is 13.9. The van der Waals surface area contributed by atoms with Crippen molar-refractivity contribution in [3.8, 4) is 6.07 Å². The Balaban J connectivity index is 2.01. The minimum atomic E-state index is -0.801. The molecule has 31 heavy (non-hydrogen) atoms. The second-order valence-electron chi connectivity index (χ2n) is 8.20. The van der Waals surface area contributed by atoms with Crippen molar-refractivity contribution < 1.29 is 18.8 Å². The molecule has 1 saturated heterocycles. The van der Waals surface area contributed by atoms with E-state index in [-0.39, 0.29) is 47.0 Å². The van der Waals surface area contributed by atoms with E-state index < -0.39 is 23.7 Å². The molecule has 1 aromatic rings. The van der Waals surface area contributed by atoms with Crippen LogP contribution < -0.4 is 10.6 Å². The molecule has 1 fully saturated rings. The molecule has 1 aliphatic rings. The SMILES string of the molecule is CC(C)CC(CC(=O)/C=C/c1ccc(Cl)cc1F)C(=O)NC(C#N)CC1CCNC1=O. The number of halogens is 2. The molecule has 166 valence electrons. The molecule has 0 aromatic heterocycles. The molecule has 3 unspecified atom stereocenters. The van der Waals surface area contributed by atoms with Crippen molar-refractivity contribution in [2.75, 3.05) is 6.54 Å². The molecule has 6 nitrogen and oxygen atoms in total. The average Bonchev–Trinajstić information content (AvgIpc) is 3.10. The van der Waals surface area contributed by atoms with Gasteiger partial charge in [-0.1, -0.05) is 31.5 Å². The standard InChI is InChI=1S/C23H27ClFN3O3/c1-14(2)9-17(11-20(29)6-4-15-3-5-18(24)12-21(15)25)23(31)28-19(13-26)10-16-7-8-27-22(16)30/h3-6,12,14,16-17,19H,7-11H2,1-2H3,(H,27,30)(H,28,31)/b6-4+. The lowest BCUT2D eigenvalue weighted by Gasteiger charge is -2.21. The normalized spacial score (nSPS) is 17.9. The summed E-state index contributed by atoms with van der Waals surface area (Å²) in [5, 5.41) is 15.1. The van der Waals surface area contributed by atoms with Crippen LogP contribution in [0.4, 0.5) is 4.39 Å². The summed E-state index contributed by atoms with van der Waals surface area (Å²) in [6.45, 7) is 4.45. The highest BCUT2D eigenvalue weighted by Crippen LogP contribution is 2.20. The number of nitrogens with zero attached hydrogens (tertiary/aromatic N) is 1. The van der Waals surface area contributed by atoms with Gasteiger partial charge in [-0.3, -0.25) is 14.4 Å². The van der Waals surface area contributed by atoms with E-state index in [0.717, 1.165) is 6.07 Å². The van der Waals surface area contributed by atoms with Gasteiger partial charge in [-0.15, -0.1) is 0 Å². The van der Waals surface area contributed by atoms with Crippen molar-refractivity contribution >= 4 is 35.3 Å². The number of nitriles is 1. The number of hydrogen-bond acceptors (Lipinski definition) is 4. The fraction of sp³-hybridized carbons (Fsp3) is 0.478. The zero-order valence-electron chi connectivity index (χ0n) is 17.7. The lowest BCUT2D eigenvalue weighted by molar-refractivity contribution is -0.129. The van der Waals surface area contributed by atoms with Gasteiger partial charge in [-0.05, 0) is 49.5 Å². The van der Waals surface area contributed by atoms with E-state index in [4.69, 9.17) is 11.6 Å². The smallest absolute Gasteiger partial charge is 0.224 e. The van der Waals surface area contributed by atoms with Gasteiger partial charge in [0.15, 0.2) is 5.78 Å². The van der Waals surface area contributed by atoms with Crippen LogP contribution in [0.3, 0.4) is 0 Å². The van der Waals surface area contributed by atoms with E-state index in [2.05, 4.69) is 10.6 Å². The van der Waals surface area contributed by atoms with E-state index in [0.29, 0.717) is 19.4 Å². The third kappa shape index (κ3) is 7.80. The molecule has 1 aliphatic heterocycles. The van der Waals surface area contributed by atoms with Gasteiger partial charge in [0.25, 0.3) is 0 Å². The maximum Gasteiger partial charge on any atom is 0.224 e. The van der Waals surface area contributed by atoms with Crippen LogP contribution in [-0.4, -0.2) is 30.2 Å². The third-order valence-corrected chi connectivity index (χ3v) is 5.38. The Labute approximate surface area is 186 Å². The number of ketones is 1. The number of hydrogen-bond donors (Lipinski definition) is 2. The molecule has 1 aromatic carbocycles. The van der Waals surface area contributed by atoms with Gasteiger partial charge >= 0.3 is 0 Å². The maximum atomic E-state index is 13.9. The zero-order chi connectivity index (χ0) is 23.0. The quantitative estimate of drug-likeness (QED) is 0.535. The van der Waals surface area contributed by atoms with E-state index in [1.54, 1.807) is 0 Å². The lowest BCUT2D eigenvalue weighted by atomic mass is 9.90. The second-order valence-corrected chi connectivity index (χ2v) is 8.64. The third-order valence-electron chi connectivity index (χ3n) is 5.14. The van der Waals surface area contributed by atoms with Crippen molar-refractivity contribution in [1.82, 2.24) is 10.6 Å². The average molecular weight is 448 g/mol. The molecular weight excluding hydrogens is 421 g/mol. The maximum absolute atomic E-state index is 13.9. The van der Waals surface area contributed by atoms with Gasteiger partial charge in [0.1, 0.15) is 11.9 Å². The molecule has 3 atom stereocenters. The predicted octanol–water partition coefficient (Wildman–Crippen LogP) is 3.65. The number of rotatable bonds is 10. The van der Waals surface area contributed by atoms with Gasteiger partial charge in [0.05, 0.1) is 6.07 Å². The highest BCUT2D eigenvalue weighted by molar-refractivity contribution is 6.30. The molecule has 8 heteroatoms. The fourth-order valence-corrected chi connectivity index (χ4v) is 3.73. The number of carbonyl (C=O) groups is 3. The van der Waals surface area contributed by atoms with Gasteiger partial charge in [0, 0.05) is 35.4 Å². The van der Waals surface area contributed by atoms with Crippen LogP contribution in [0.1, 0.15) is 45.1 Å². The first-order valence-corrected chi connectivity index (χ1v) is 10.7. The summed E-state index contributed by atoms with van der Waals surface area (Å²) in [5.41, 5.74) is 0.224. The van der Waals surface area contributed by atoms with Crippen molar-refractivity contribution in [3.05, 3.63) is 40.7 Å². The Bertz CT molecular complexity index is 895. The molecule has 1 heterocycles. The molecule has 2 rings (SSSR count). The van der Waals surface area contributed by atoms with Crippen molar-refractivity contribution in [2.24, 2.45) is 17.8 Å². The van der Waals surface area contributed by atoms with Gasteiger partial charge in [-0.25, -0.2) is 4.39 Å². The van der Waals surface area contributed by atoms with Crippen molar-refractivity contribution in [2.45, 2.75) is 45.6 Å². The van der Waals surface area contributed by atoms with Crippen LogP contribution >= 0.6 is 11.6 Å². The lowest BCUT2D eigenvalue weighted by Crippen LogP contribution is -2.41. The molecule has 0 aliphatic carbocycles. The Hall–Kier alpha value is -2.72. The Morgan fingerprint density at radius 1 is 1.42 bits per heavy atom. The van der Waals surface area contributed by atoms with Crippen molar-refractivity contribution in [3.63, 3.8) is 0 Å². The summed E-state index contributed by atoms with van der Waals surface area (Å²) in [6, 6.07) is 5.39. The molecule has 0 spiro atoms. The van der Waals surface area contributed by atoms with E-state index >= 15 is 0 Å². The summed E-state index contributed by atoms with van der Waals surface area (Å²) in [7, 11) is 0. The van der Waals surface area contributed by atoms with E-state index in [1.165, 1.54) is 24.3 Å². The molecule has 0 radical (unpaired) electrons. The zero-order valence-corrected chi connectivity index (χ0v) is 18.4. The number of carbonyl (C=O) groups excluding carboxylic acids is 3. The van der Waals surface area contributed by atoms with E-state index in [1.807, 2.05) is 19.9 Å². The van der Waals surface area contributed by atoms with Gasteiger partial charge < -0.3 is 10.6 Å². The first kappa shape index (κ1) is 24.5. The summed E-state index contributed by atoms with van der Waals surface area (Å²) in [4.78, 5) is 37.0. The molecule has 2 amide bonds. The highest BCUT2D eigenvalue weighted by Gasteiger charge is 2.30. The molecule has 0 bridgehead atoms. The number of amides is 2. The van der Waals surface area contributed by atoms with Gasteiger partial charge in [0.2, 0.25) is 11.8 Å². The monoisotopic (exact) mass is 447 g/mol. The van der Waals surface area contributed by atoms with Crippen molar-refractivity contribution in [1.29, 1.82) is 5.26 Å². The van der Waals surface area contributed by atoms with Crippen LogP contribution in [0.15, 0.2) is 24.3 Å². The number of benzene rings is 1. The molecular formula is C23H27ClFN3O3. The van der Waals surface area contributed by atoms with Crippen LogP contribution in [0.25, 0.3) is 6.08 Å². The largest absolute Gasteiger partial charge is 0.356 e. The predicted molar refractivity (Wildman–Crippen MR) is 116 cm³/mol. The Kier molecular flexibility index (Phi) is 9.20. The second kappa shape index (κ2) is 11.6. The minimum Gasteiger partial charge on any atom is -0.356 e. The summed E-state index contributed by atoms with van der Waals surface area (Å²) in [5.74, 6) is -2.13. The molecule has 2 N–H and O–H groups in total. The summed E-state index contributed by atoms with van der Waals surface area (Å²) in [6.07, 6.45) is 3.88. The number of nitrogens with one attached hydrogen (secondary N) is 2. The highest BCUT2D eigenvalue weighted by atomic mass is 35.5. The van der Waals surface area contributed by atoms with Crippen LogP contribution in [0.2, 0.25) is 5.02 Å². The first-order valence-electron chi connectivity index (χ1n) is 10.3. The van der Waals surface area contributed by atoms with Crippen LogP contribution in [-0.2, 0) is 14.4 Å². The summed E-state index contributed by atoms with van der Waals surface area (Å²) >= 11 is 5.73. The topological polar surface area (TPSA) is 99.1 Å². The Morgan fingerprint density at radius 3 is 2.74 bits per heavy atom. The first-order chi connectivity index (χ1) is 14.7. The fourth-order valence-electron chi connectivity index (χ4n) is 3.57. The van der Waals surface area contributed by atoms with E-state index in [9.17, 15) is 24.0 Å².